The van der Waals surface area contributed by atoms with Gasteiger partial charge in [0.1, 0.15) is 6.10 Å². The maximum absolute atomic E-state index is 11.7. The van der Waals surface area contributed by atoms with Crippen molar-refractivity contribution in [3.8, 4) is 0 Å². The predicted octanol–water partition coefficient (Wildman–Crippen LogP) is 8.51. The van der Waals surface area contributed by atoms with Crippen LogP contribution < -0.4 is 0 Å². The van der Waals surface area contributed by atoms with E-state index in [1.165, 1.54) is 0 Å². The summed E-state index contributed by atoms with van der Waals surface area (Å²) in [7, 11) is -6.58. The lowest BCUT2D eigenvalue weighted by molar-refractivity contribution is -0.254. The van der Waals surface area contributed by atoms with E-state index in [1.807, 2.05) is 30.3 Å². The molecule has 2 heterocycles. The summed E-state index contributed by atoms with van der Waals surface area (Å²) >= 11 is 0. The van der Waals surface area contributed by atoms with Gasteiger partial charge >= 0.3 is 0 Å². The van der Waals surface area contributed by atoms with E-state index >= 15 is 0 Å². The Morgan fingerprint density at radius 2 is 1.24 bits per heavy atom. The second-order valence-electron chi connectivity index (χ2n) is 17.2. The van der Waals surface area contributed by atoms with Gasteiger partial charge in [0.2, 0.25) is 0 Å². The Hall–Kier alpha value is -0.369. The van der Waals surface area contributed by atoms with Crippen molar-refractivity contribution in [2.75, 3.05) is 13.2 Å². The maximum Gasteiger partial charge on any atom is 0.192 e. The van der Waals surface area contributed by atoms with Crippen LogP contribution in [-0.4, -0.2) is 67.9 Å². The van der Waals surface area contributed by atoms with Crippen molar-refractivity contribution in [2.45, 2.75) is 147 Å². The van der Waals surface area contributed by atoms with Crippen LogP contribution in [0.1, 0.15) is 74.0 Å². The summed E-state index contributed by atoms with van der Waals surface area (Å²) in [5, 5.41) is 11.8. The van der Waals surface area contributed by atoms with Crippen LogP contribution in [0.2, 0.25) is 54.4 Å². The van der Waals surface area contributed by atoms with Crippen molar-refractivity contribution >= 4 is 25.0 Å². The molecule has 0 bridgehead atoms. The highest BCUT2D eigenvalue weighted by Crippen LogP contribution is 2.50. The molecule has 0 unspecified atom stereocenters. The standard InChI is InChI=1S/C33H62O6Si3/c1-31(2,3)40(10,11)36-22-25-28(38-41(12,13)32(4,5)6)29(39-42(14,15)33(7,8)9)26-24(21-35-30(26)37-25)27(34)23-19-17-16-18-20-23/h16-20,24-30,34H,21-22H2,1-15H3/t24-,25+,26+,27+,28+,29+,30-/m0/s1. The summed E-state index contributed by atoms with van der Waals surface area (Å²) in [4.78, 5) is 0. The summed E-state index contributed by atoms with van der Waals surface area (Å²) < 4.78 is 34.7. The van der Waals surface area contributed by atoms with Gasteiger partial charge in [-0.1, -0.05) is 92.6 Å². The maximum atomic E-state index is 11.7. The van der Waals surface area contributed by atoms with Crippen LogP contribution in [0.5, 0.6) is 0 Å². The second kappa shape index (κ2) is 12.4. The Morgan fingerprint density at radius 3 is 1.71 bits per heavy atom. The molecule has 0 aliphatic carbocycles. The average molecular weight is 639 g/mol. The van der Waals surface area contributed by atoms with Crippen molar-refractivity contribution < 1.29 is 27.9 Å². The summed E-state index contributed by atoms with van der Waals surface area (Å²) in [6, 6.07) is 9.91. The molecule has 2 fully saturated rings. The van der Waals surface area contributed by atoms with E-state index in [2.05, 4.69) is 102 Å². The van der Waals surface area contributed by atoms with E-state index in [0.29, 0.717) is 13.2 Å². The molecule has 0 aromatic heterocycles. The number of rotatable bonds is 9. The van der Waals surface area contributed by atoms with Gasteiger partial charge in [-0.05, 0) is 60.0 Å². The van der Waals surface area contributed by atoms with E-state index in [1.54, 1.807) is 0 Å². The highest BCUT2D eigenvalue weighted by atomic mass is 28.4. The zero-order valence-electron chi connectivity index (χ0n) is 29.3. The fourth-order valence-corrected chi connectivity index (χ4v) is 8.66. The summed E-state index contributed by atoms with van der Waals surface area (Å²) in [5.41, 5.74) is 0.892. The van der Waals surface area contributed by atoms with Crippen molar-refractivity contribution in [2.24, 2.45) is 11.8 Å². The minimum atomic E-state index is -2.27. The fourth-order valence-electron chi connectivity index (χ4n) is 5.00. The third-order valence-electron chi connectivity index (χ3n) is 11.1. The fraction of sp³-hybridized carbons (Fsp3) is 0.818. The lowest BCUT2D eigenvalue weighted by atomic mass is 9.79. The number of ether oxygens (including phenoxy) is 2. The number of benzene rings is 1. The summed E-state index contributed by atoms with van der Waals surface area (Å²) in [6.07, 6.45) is -2.15. The minimum absolute atomic E-state index is 0.00245. The van der Waals surface area contributed by atoms with Crippen LogP contribution >= 0.6 is 0 Å². The molecule has 7 atom stereocenters. The van der Waals surface area contributed by atoms with Crippen LogP contribution in [0.3, 0.4) is 0 Å². The molecule has 2 saturated heterocycles. The molecule has 1 aromatic rings. The van der Waals surface area contributed by atoms with Crippen LogP contribution in [0.25, 0.3) is 0 Å². The molecule has 42 heavy (non-hydrogen) atoms. The van der Waals surface area contributed by atoms with E-state index in [9.17, 15) is 5.11 Å². The SMILES string of the molecule is CC(C)(C)[Si](C)(C)OC[C@H]1O[C@@H]2OC[C@H]([C@H](O)c3ccccc3)[C@@H]2[C@@H](O[Si](C)(C)C(C)(C)C)[C@@H]1O[Si](C)(C)C(C)(C)C. The molecule has 0 saturated carbocycles. The molecule has 9 heteroatoms. The number of fused-ring (bicyclic) bond motifs is 1. The molecule has 2 aliphatic heterocycles. The first-order chi connectivity index (χ1) is 18.9. The molecular formula is C33H62O6Si3. The smallest absolute Gasteiger partial charge is 0.192 e. The van der Waals surface area contributed by atoms with E-state index in [4.69, 9.17) is 22.8 Å². The van der Waals surface area contributed by atoms with Gasteiger partial charge in [0, 0.05) is 11.8 Å². The third-order valence-corrected chi connectivity index (χ3v) is 24.5. The lowest BCUT2D eigenvalue weighted by Crippen LogP contribution is -2.64. The molecule has 0 amide bonds. The van der Waals surface area contributed by atoms with E-state index in [0.717, 1.165) is 5.56 Å². The van der Waals surface area contributed by atoms with Gasteiger partial charge in [0.25, 0.3) is 0 Å². The third kappa shape index (κ3) is 7.70. The monoisotopic (exact) mass is 638 g/mol. The predicted molar refractivity (Wildman–Crippen MR) is 180 cm³/mol. The Labute approximate surface area is 260 Å². The Morgan fingerprint density at radius 1 is 0.762 bits per heavy atom. The highest BCUT2D eigenvalue weighted by molar-refractivity contribution is 6.75. The van der Waals surface area contributed by atoms with Gasteiger partial charge in [-0.25, -0.2) is 0 Å². The first-order valence-electron chi connectivity index (χ1n) is 15.9. The Bertz CT molecular complexity index is 1020. The van der Waals surface area contributed by atoms with Crippen LogP contribution in [0, 0.1) is 11.8 Å². The van der Waals surface area contributed by atoms with Gasteiger partial charge in [-0.15, -0.1) is 0 Å². The minimum Gasteiger partial charge on any atom is -0.414 e. The Kier molecular flexibility index (Phi) is 10.7. The van der Waals surface area contributed by atoms with Gasteiger partial charge in [0.15, 0.2) is 31.2 Å². The van der Waals surface area contributed by atoms with Gasteiger partial charge in [0.05, 0.1) is 31.5 Å². The summed E-state index contributed by atoms with van der Waals surface area (Å²) in [5.74, 6) is -0.354. The van der Waals surface area contributed by atoms with Gasteiger partial charge in [-0.3, -0.25) is 0 Å². The average Bonchev–Trinajstić information content (AvgIpc) is 3.26. The summed E-state index contributed by atoms with van der Waals surface area (Å²) in [6.45, 7) is 35.1. The number of aliphatic hydroxyl groups excluding tert-OH is 1. The normalized spacial score (nSPS) is 29.0. The molecular weight excluding hydrogens is 577 g/mol. The van der Waals surface area contributed by atoms with Gasteiger partial charge < -0.3 is 27.9 Å². The first-order valence-corrected chi connectivity index (χ1v) is 24.6. The zero-order valence-corrected chi connectivity index (χ0v) is 32.3. The number of hydrogen-bond acceptors (Lipinski definition) is 6. The lowest BCUT2D eigenvalue weighted by Gasteiger charge is -2.53. The molecule has 242 valence electrons. The molecule has 2 aliphatic rings. The molecule has 0 radical (unpaired) electrons. The van der Waals surface area contributed by atoms with Crippen molar-refractivity contribution in [3.05, 3.63) is 35.9 Å². The second-order valence-corrected chi connectivity index (χ2v) is 31.6. The largest absolute Gasteiger partial charge is 0.414 e. The number of hydrogen-bond donors (Lipinski definition) is 1. The zero-order chi connectivity index (χ0) is 32.1. The van der Waals surface area contributed by atoms with Crippen LogP contribution in [-0.2, 0) is 22.8 Å². The molecule has 0 spiro atoms. The molecule has 6 nitrogen and oxygen atoms in total. The van der Waals surface area contributed by atoms with Crippen LogP contribution in [0.15, 0.2) is 30.3 Å². The number of aliphatic hydroxyl groups is 1. The Balaban J connectivity index is 2.11. The topological polar surface area (TPSA) is 66.4 Å². The van der Waals surface area contributed by atoms with E-state index in [-0.39, 0.29) is 45.3 Å². The molecule has 1 N–H and O–H groups in total. The quantitative estimate of drug-likeness (QED) is 0.274. The van der Waals surface area contributed by atoms with Crippen molar-refractivity contribution in [3.63, 3.8) is 0 Å². The molecule has 1 aromatic carbocycles. The van der Waals surface area contributed by atoms with Gasteiger partial charge in [-0.2, -0.15) is 0 Å². The van der Waals surface area contributed by atoms with E-state index < -0.39 is 37.3 Å². The van der Waals surface area contributed by atoms with Crippen LogP contribution in [0.4, 0.5) is 0 Å². The van der Waals surface area contributed by atoms with Crippen molar-refractivity contribution in [1.29, 1.82) is 0 Å². The first kappa shape index (κ1) is 36.1. The highest BCUT2D eigenvalue weighted by Gasteiger charge is 2.59. The molecule has 3 rings (SSSR count). The van der Waals surface area contributed by atoms with Crippen molar-refractivity contribution in [1.82, 2.24) is 0 Å².